The van der Waals surface area contributed by atoms with Gasteiger partial charge in [0.1, 0.15) is 0 Å². The number of anilines is 1. The normalized spacial score (nSPS) is 10.3. The molecule has 0 fully saturated rings. The zero-order valence-corrected chi connectivity index (χ0v) is 10.7. The summed E-state index contributed by atoms with van der Waals surface area (Å²) >= 11 is 1.63. The van der Waals surface area contributed by atoms with Gasteiger partial charge in [0.2, 0.25) is 5.95 Å². The van der Waals surface area contributed by atoms with Crippen LogP contribution >= 0.6 is 11.3 Å². The van der Waals surface area contributed by atoms with E-state index in [9.17, 15) is 4.79 Å². The molecule has 0 aliphatic heterocycles. The first-order valence-electron chi connectivity index (χ1n) is 5.45. The average Bonchev–Trinajstić information content (AvgIpc) is 2.90. The molecule has 0 amide bonds. The number of carboxylic acids is 1. The van der Waals surface area contributed by atoms with Crippen LogP contribution in [0.1, 0.15) is 6.42 Å². The number of carboxylic acid groups (broad SMARTS) is 1. The highest BCUT2D eigenvalue weighted by Gasteiger charge is 2.07. The first-order chi connectivity index (χ1) is 8.66. The van der Waals surface area contributed by atoms with Crippen molar-refractivity contribution < 1.29 is 9.90 Å². The third kappa shape index (κ3) is 3.04. The van der Waals surface area contributed by atoms with Crippen LogP contribution < -0.4 is 4.90 Å². The summed E-state index contributed by atoms with van der Waals surface area (Å²) in [6.07, 6.45) is 3.59. The molecule has 2 heterocycles. The molecule has 6 heteroatoms. The van der Waals surface area contributed by atoms with E-state index in [1.165, 1.54) is 0 Å². The monoisotopic (exact) mass is 263 g/mol. The molecule has 2 rings (SSSR count). The van der Waals surface area contributed by atoms with Crippen molar-refractivity contribution in [3.05, 3.63) is 29.9 Å². The molecule has 5 nitrogen and oxygen atoms in total. The highest BCUT2D eigenvalue weighted by molar-refractivity contribution is 7.13. The first kappa shape index (κ1) is 12.5. The van der Waals surface area contributed by atoms with E-state index in [1.54, 1.807) is 35.7 Å². The van der Waals surface area contributed by atoms with E-state index in [-0.39, 0.29) is 6.42 Å². The number of carbonyl (C=O) groups is 1. The van der Waals surface area contributed by atoms with Gasteiger partial charge in [-0.1, -0.05) is 6.07 Å². The van der Waals surface area contributed by atoms with Crippen molar-refractivity contribution >= 4 is 23.3 Å². The topological polar surface area (TPSA) is 66.3 Å². The predicted molar refractivity (Wildman–Crippen MR) is 70.9 cm³/mol. The number of aliphatic carboxylic acids is 1. The van der Waals surface area contributed by atoms with Crippen molar-refractivity contribution in [3.63, 3.8) is 0 Å². The Morgan fingerprint density at radius 2 is 2.17 bits per heavy atom. The lowest BCUT2D eigenvalue weighted by Gasteiger charge is -2.15. The summed E-state index contributed by atoms with van der Waals surface area (Å²) < 4.78 is 0. The molecule has 0 saturated carbocycles. The van der Waals surface area contributed by atoms with Crippen LogP contribution in [0.15, 0.2) is 29.9 Å². The summed E-state index contributed by atoms with van der Waals surface area (Å²) in [5.74, 6) is -0.284. The zero-order chi connectivity index (χ0) is 13.0. The molecule has 0 bridgehead atoms. The third-order valence-electron chi connectivity index (χ3n) is 2.45. The van der Waals surface area contributed by atoms with E-state index >= 15 is 0 Å². The van der Waals surface area contributed by atoms with Crippen LogP contribution in [0.4, 0.5) is 5.95 Å². The zero-order valence-electron chi connectivity index (χ0n) is 9.91. The van der Waals surface area contributed by atoms with Gasteiger partial charge in [0.15, 0.2) is 0 Å². The first-order valence-corrected chi connectivity index (χ1v) is 6.33. The van der Waals surface area contributed by atoms with Crippen molar-refractivity contribution in [2.45, 2.75) is 6.42 Å². The van der Waals surface area contributed by atoms with Crippen LogP contribution in [-0.4, -0.2) is 34.6 Å². The van der Waals surface area contributed by atoms with Crippen LogP contribution in [0.25, 0.3) is 10.4 Å². The van der Waals surface area contributed by atoms with Gasteiger partial charge >= 0.3 is 5.97 Å². The summed E-state index contributed by atoms with van der Waals surface area (Å²) in [6.45, 7) is 0.397. The second-order valence-corrected chi connectivity index (χ2v) is 4.76. The molecular weight excluding hydrogens is 250 g/mol. The Morgan fingerprint density at radius 1 is 1.44 bits per heavy atom. The Balaban J connectivity index is 2.05. The molecule has 2 aromatic heterocycles. The molecule has 94 valence electrons. The summed E-state index contributed by atoms with van der Waals surface area (Å²) in [5.41, 5.74) is 0.973. The maximum Gasteiger partial charge on any atom is 0.305 e. The lowest BCUT2D eigenvalue weighted by Crippen LogP contribution is -2.22. The Kier molecular flexibility index (Phi) is 3.88. The second-order valence-electron chi connectivity index (χ2n) is 3.81. The highest BCUT2D eigenvalue weighted by atomic mass is 32.1. The summed E-state index contributed by atoms with van der Waals surface area (Å²) in [6, 6.07) is 3.99. The van der Waals surface area contributed by atoms with Crippen LogP contribution in [-0.2, 0) is 4.79 Å². The molecule has 0 spiro atoms. The Hall–Kier alpha value is -1.95. The van der Waals surface area contributed by atoms with Gasteiger partial charge in [-0.2, -0.15) is 0 Å². The van der Waals surface area contributed by atoms with E-state index in [0.29, 0.717) is 12.5 Å². The Bertz CT molecular complexity index is 511. The fourth-order valence-corrected chi connectivity index (χ4v) is 2.15. The van der Waals surface area contributed by atoms with Crippen LogP contribution in [0.5, 0.6) is 0 Å². The molecule has 0 atom stereocenters. The smallest absolute Gasteiger partial charge is 0.305 e. The fraction of sp³-hybridized carbons (Fsp3) is 0.250. The average molecular weight is 263 g/mol. The molecule has 2 aromatic rings. The van der Waals surface area contributed by atoms with Gasteiger partial charge in [-0.25, -0.2) is 9.97 Å². The van der Waals surface area contributed by atoms with Gasteiger partial charge in [0.05, 0.1) is 6.42 Å². The number of thiophene rings is 1. The molecule has 0 aliphatic carbocycles. The van der Waals surface area contributed by atoms with Gasteiger partial charge < -0.3 is 10.0 Å². The number of aromatic nitrogens is 2. The number of nitrogens with zero attached hydrogens (tertiary/aromatic N) is 3. The van der Waals surface area contributed by atoms with Crippen molar-refractivity contribution in [1.82, 2.24) is 9.97 Å². The SMILES string of the molecule is CN(CCC(=O)O)c1ncc(-c2cccs2)cn1. The third-order valence-corrected chi connectivity index (χ3v) is 3.37. The quantitative estimate of drug-likeness (QED) is 0.895. The lowest BCUT2D eigenvalue weighted by atomic mass is 10.3. The number of hydrogen-bond donors (Lipinski definition) is 1. The summed E-state index contributed by atoms with van der Waals surface area (Å²) in [4.78, 5) is 21.8. The van der Waals surface area contributed by atoms with Gasteiger partial charge in [0.25, 0.3) is 0 Å². The molecule has 0 saturated heterocycles. The maximum absolute atomic E-state index is 10.5. The fourth-order valence-electron chi connectivity index (χ4n) is 1.45. The summed E-state index contributed by atoms with van der Waals surface area (Å²) in [5, 5.41) is 10.6. The molecule has 0 radical (unpaired) electrons. The van der Waals surface area contributed by atoms with Crippen LogP contribution in [0.2, 0.25) is 0 Å². The number of rotatable bonds is 5. The van der Waals surface area contributed by atoms with E-state index in [0.717, 1.165) is 10.4 Å². The minimum absolute atomic E-state index is 0.0759. The number of hydrogen-bond acceptors (Lipinski definition) is 5. The van der Waals surface area contributed by atoms with E-state index in [4.69, 9.17) is 5.11 Å². The molecular formula is C12H13N3O2S. The highest BCUT2D eigenvalue weighted by Crippen LogP contribution is 2.23. The molecule has 0 aliphatic rings. The summed E-state index contributed by atoms with van der Waals surface area (Å²) in [7, 11) is 1.78. The standard InChI is InChI=1S/C12H13N3O2S/c1-15(5-4-11(16)17)12-13-7-9(8-14-12)10-3-2-6-18-10/h2-3,6-8H,4-5H2,1H3,(H,16,17). The Morgan fingerprint density at radius 3 is 2.72 bits per heavy atom. The molecule has 0 unspecified atom stereocenters. The minimum atomic E-state index is -0.822. The van der Waals surface area contributed by atoms with Crippen molar-refractivity contribution in [2.24, 2.45) is 0 Å². The second kappa shape index (κ2) is 5.59. The molecule has 18 heavy (non-hydrogen) atoms. The van der Waals surface area contributed by atoms with Gasteiger partial charge in [-0.05, 0) is 11.4 Å². The van der Waals surface area contributed by atoms with Crippen molar-refractivity contribution in [1.29, 1.82) is 0 Å². The van der Waals surface area contributed by atoms with E-state index in [1.807, 2.05) is 17.5 Å². The van der Waals surface area contributed by atoms with Crippen molar-refractivity contribution in [3.8, 4) is 10.4 Å². The molecule has 1 N–H and O–H groups in total. The van der Waals surface area contributed by atoms with Gasteiger partial charge in [-0.15, -0.1) is 11.3 Å². The van der Waals surface area contributed by atoms with E-state index in [2.05, 4.69) is 9.97 Å². The lowest BCUT2D eigenvalue weighted by molar-refractivity contribution is -0.136. The molecule has 0 aromatic carbocycles. The Labute approximate surface area is 109 Å². The van der Waals surface area contributed by atoms with E-state index < -0.39 is 5.97 Å². The minimum Gasteiger partial charge on any atom is -0.481 e. The van der Waals surface area contributed by atoms with Gasteiger partial charge in [0, 0.05) is 36.4 Å². The van der Waals surface area contributed by atoms with Crippen LogP contribution in [0.3, 0.4) is 0 Å². The van der Waals surface area contributed by atoms with Crippen molar-refractivity contribution in [2.75, 3.05) is 18.5 Å². The predicted octanol–water partition coefficient (Wildman–Crippen LogP) is 2.12. The van der Waals surface area contributed by atoms with Crippen LogP contribution in [0, 0.1) is 0 Å². The maximum atomic E-state index is 10.5. The largest absolute Gasteiger partial charge is 0.481 e. The van der Waals surface area contributed by atoms with Gasteiger partial charge in [-0.3, -0.25) is 4.79 Å².